The molecule has 3 amide bonds. The SMILES string of the molecule is Cc1cc(Oc2ccccc2)ccc1N1C(=O)Nc2c(C(=O)N[C@@H]3CC(=O)CN(C)C3)sc3nccc1c23. The fraction of sp³-hybridized carbons (Fsp3) is 0.214. The normalized spacial score (nSPS) is 17.4. The number of nitrogens with one attached hydrogen (secondary N) is 2. The predicted octanol–water partition coefficient (Wildman–Crippen LogP) is 5.08. The lowest BCUT2D eigenvalue weighted by atomic mass is 10.0. The number of pyridine rings is 1. The van der Waals surface area contributed by atoms with Gasteiger partial charge in [0.25, 0.3) is 5.91 Å². The van der Waals surface area contributed by atoms with E-state index in [-0.39, 0.29) is 23.8 Å². The Kier molecular flexibility index (Phi) is 6.05. The van der Waals surface area contributed by atoms with E-state index in [1.165, 1.54) is 11.3 Å². The van der Waals surface area contributed by atoms with Gasteiger partial charge in [-0.3, -0.25) is 19.4 Å². The number of thiophene rings is 1. The minimum absolute atomic E-state index is 0.0881. The van der Waals surface area contributed by atoms with Gasteiger partial charge in [-0.25, -0.2) is 9.78 Å². The lowest BCUT2D eigenvalue weighted by Crippen LogP contribution is -2.49. The topological polar surface area (TPSA) is 104 Å². The first-order chi connectivity index (χ1) is 18.4. The summed E-state index contributed by atoms with van der Waals surface area (Å²) in [5.74, 6) is 1.15. The summed E-state index contributed by atoms with van der Waals surface area (Å²) in [5, 5.41) is 6.61. The summed E-state index contributed by atoms with van der Waals surface area (Å²) in [6, 6.07) is 16.2. The van der Waals surface area contributed by atoms with Crippen molar-refractivity contribution in [3.63, 3.8) is 0 Å². The molecule has 2 N–H and O–H groups in total. The number of ketones is 1. The number of carbonyl (C=O) groups excluding carboxylic acids is 3. The van der Waals surface area contributed by atoms with Gasteiger partial charge in [-0.05, 0) is 55.9 Å². The van der Waals surface area contributed by atoms with Crippen LogP contribution < -0.4 is 20.3 Å². The van der Waals surface area contributed by atoms with Crippen LogP contribution in [0.1, 0.15) is 21.7 Å². The molecule has 10 heteroatoms. The van der Waals surface area contributed by atoms with E-state index in [1.54, 1.807) is 17.2 Å². The highest BCUT2D eigenvalue weighted by Crippen LogP contribution is 2.46. The summed E-state index contributed by atoms with van der Waals surface area (Å²) in [4.78, 5) is 47.7. The molecule has 1 atom stereocenters. The summed E-state index contributed by atoms with van der Waals surface area (Å²) in [5.41, 5.74) is 2.64. The second-order valence-electron chi connectivity index (χ2n) is 9.56. The molecule has 38 heavy (non-hydrogen) atoms. The van der Waals surface area contributed by atoms with Crippen LogP contribution in [0.25, 0.3) is 10.2 Å². The van der Waals surface area contributed by atoms with E-state index < -0.39 is 0 Å². The van der Waals surface area contributed by atoms with Crippen LogP contribution in [0.15, 0.2) is 60.8 Å². The maximum atomic E-state index is 13.5. The Morgan fingerprint density at radius 3 is 2.68 bits per heavy atom. The molecule has 0 unspecified atom stereocenters. The van der Waals surface area contributed by atoms with Crippen LogP contribution in [0, 0.1) is 6.92 Å². The van der Waals surface area contributed by atoms with Gasteiger partial charge in [0.15, 0.2) is 0 Å². The molecule has 192 valence electrons. The Morgan fingerprint density at radius 2 is 1.92 bits per heavy atom. The zero-order valence-corrected chi connectivity index (χ0v) is 21.7. The van der Waals surface area contributed by atoms with Crippen molar-refractivity contribution in [2.24, 2.45) is 0 Å². The minimum Gasteiger partial charge on any atom is -0.457 e. The van der Waals surface area contributed by atoms with Crippen molar-refractivity contribution in [3.8, 4) is 11.5 Å². The van der Waals surface area contributed by atoms with Crippen LogP contribution in [0.4, 0.5) is 21.9 Å². The van der Waals surface area contributed by atoms with Crippen LogP contribution in [-0.2, 0) is 4.79 Å². The second-order valence-corrected chi connectivity index (χ2v) is 10.6. The lowest BCUT2D eigenvalue weighted by Gasteiger charge is -2.30. The van der Waals surface area contributed by atoms with E-state index in [2.05, 4.69) is 15.6 Å². The molecule has 0 spiro atoms. The molecule has 1 saturated heterocycles. The predicted molar refractivity (Wildman–Crippen MR) is 147 cm³/mol. The van der Waals surface area contributed by atoms with Crippen molar-refractivity contribution in [2.45, 2.75) is 19.4 Å². The molecule has 6 rings (SSSR count). The fourth-order valence-corrected chi connectivity index (χ4v) is 6.07. The van der Waals surface area contributed by atoms with Gasteiger partial charge in [0.05, 0.1) is 29.0 Å². The maximum Gasteiger partial charge on any atom is 0.331 e. The van der Waals surface area contributed by atoms with Gasteiger partial charge >= 0.3 is 6.03 Å². The molecule has 2 aliphatic heterocycles. The quantitative estimate of drug-likeness (QED) is 0.375. The number of ether oxygens (including phenoxy) is 1. The first kappa shape index (κ1) is 24.1. The van der Waals surface area contributed by atoms with E-state index in [4.69, 9.17) is 4.74 Å². The number of hydrogen-bond donors (Lipinski definition) is 2. The Labute approximate surface area is 223 Å². The van der Waals surface area contributed by atoms with Crippen molar-refractivity contribution in [2.75, 3.05) is 30.4 Å². The number of Topliss-reactive ketones (excluding diaryl/α,β-unsaturated/α-hetero) is 1. The van der Waals surface area contributed by atoms with Crippen LogP contribution >= 0.6 is 11.3 Å². The molecule has 2 aliphatic rings. The zero-order chi connectivity index (χ0) is 26.4. The summed E-state index contributed by atoms with van der Waals surface area (Å²) in [7, 11) is 1.85. The molecule has 9 nitrogen and oxygen atoms in total. The van der Waals surface area contributed by atoms with Crippen LogP contribution in [-0.4, -0.2) is 53.8 Å². The highest BCUT2D eigenvalue weighted by molar-refractivity contribution is 7.21. The third-order valence-electron chi connectivity index (χ3n) is 6.63. The summed E-state index contributed by atoms with van der Waals surface area (Å²) >= 11 is 1.22. The van der Waals surface area contributed by atoms with Crippen LogP contribution in [0.3, 0.4) is 0 Å². The number of hydrogen-bond acceptors (Lipinski definition) is 7. The number of aromatic nitrogens is 1. The Morgan fingerprint density at radius 1 is 1.11 bits per heavy atom. The van der Waals surface area contributed by atoms with Crippen molar-refractivity contribution >= 4 is 56.3 Å². The molecule has 0 saturated carbocycles. The number of piperidine rings is 1. The largest absolute Gasteiger partial charge is 0.457 e. The molecule has 1 fully saturated rings. The highest BCUT2D eigenvalue weighted by Gasteiger charge is 2.34. The molecule has 0 aliphatic carbocycles. The van der Waals surface area contributed by atoms with Crippen molar-refractivity contribution < 1.29 is 19.1 Å². The van der Waals surface area contributed by atoms with Crippen molar-refractivity contribution in [3.05, 3.63) is 71.2 Å². The first-order valence-corrected chi connectivity index (χ1v) is 13.1. The van der Waals surface area contributed by atoms with Gasteiger partial charge in [0, 0.05) is 25.2 Å². The molecule has 0 radical (unpaired) electrons. The number of anilines is 3. The van der Waals surface area contributed by atoms with E-state index in [0.29, 0.717) is 57.4 Å². The van der Waals surface area contributed by atoms with E-state index in [0.717, 1.165) is 11.3 Å². The van der Waals surface area contributed by atoms with Crippen molar-refractivity contribution in [1.29, 1.82) is 0 Å². The van der Waals surface area contributed by atoms with Gasteiger partial charge in [0.1, 0.15) is 27.0 Å². The standard InChI is InChI=1S/C28H25N5O4S/c1-16-12-20(37-19-6-4-3-5-7-19)8-9-21(16)33-22-10-11-29-27-23(22)24(31-28(33)36)25(38-27)26(35)30-17-13-18(34)15-32(2)14-17/h3-12,17H,13-15H2,1-2H3,(H,30,35)(H,31,36)/t17-/m1/s1. The average Bonchev–Trinajstić information content (AvgIpc) is 3.25. The van der Waals surface area contributed by atoms with E-state index in [1.807, 2.05) is 67.4 Å². The Balaban J connectivity index is 1.33. The van der Waals surface area contributed by atoms with Gasteiger partial charge in [-0.1, -0.05) is 18.2 Å². The number of amides is 3. The van der Waals surface area contributed by atoms with Crippen LogP contribution in [0.2, 0.25) is 0 Å². The summed E-state index contributed by atoms with van der Waals surface area (Å²) in [6.45, 7) is 2.90. The number of rotatable bonds is 5. The number of urea groups is 1. The third kappa shape index (κ3) is 4.37. The number of nitrogens with zero attached hydrogens (tertiary/aromatic N) is 3. The number of para-hydroxylation sites is 1. The molecular formula is C28H25N5O4S. The Bertz CT molecular complexity index is 1590. The number of aryl methyl sites for hydroxylation is 1. The lowest BCUT2D eigenvalue weighted by molar-refractivity contribution is -0.122. The number of carbonyl (C=O) groups is 3. The number of benzene rings is 2. The molecule has 2 aromatic carbocycles. The van der Waals surface area contributed by atoms with E-state index in [9.17, 15) is 14.4 Å². The van der Waals surface area contributed by atoms with Gasteiger partial charge in [-0.15, -0.1) is 11.3 Å². The van der Waals surface area contributed by atoms with Crippen molar-refractivity contribution in [1.82, 2.24) is 15.2 Å². The second kappa shape index (κ2) is 9.55. The number of likely N-dealkylation sites (tertiary alicyclic amines) is 1. The smallest absolute Gasteiger partial charge is 0.331 e. The molecule has 2 aromatic heterocycles. The monoisotopic (exact) mass is 527 g/mol. The Hall–Kier alpha value is -4.28. The van der Waals surface area contributed by atoms with E-state index >= 15 is 0 Å². The summed E-state index contributed by atoms with van der Waals surface area (Å²) in [6.07, 6.45) is 1.94. The zero-order valence-electron chi connectivity index (χ0n) is 20.9. The number of likely N-dealkylation sites (N-methyl/N-ethyl adjacent to an activating group) is 1. The maximum absolute atomic E-state index is 13.5. The highest BCUT2D eigenvalue weighted by atomic mass is 32.1. The molecule has 4 heterocycles. The third-order valence-corrected chi connectivity index (χ3v) is 7.72. The summed E-state index contributed by atoms with van der Waals surface area (Å²) < 4.78 is 5.95. The minimum atomic E-state index is -0.371. The molecule has 0 bridgehead atoms. The fourth-order valence-electron chi connectivity index (χ4n) is 5.04. The molecule has 4 aromatic rings. The van der Waals surface area contributed by atoms with Gasteiger partial charge in [-0.2, -0.15) is 0 Å². The molecular weight excluding hydrogens is 502 g/mol. The van der Waals surface area contributed by atoms with Crippen LogP contribution in [0.5, 0.6) is 11.5 Å². The van der Waals surface area contributed by atoms with Gasteiger partial charge < -0.3 is 15.4 Å². The van der Waals surface area contributed by atoms with Gasteiger partial charge in [0.2, 0.25) is 0 Å². The first-order valence-electron chi connectivity index (χ1n) is 12.2. The average molecular weight is 528 g/mol.